The van der Waals surface area contributed by atoms with Crippen molar-refractivity contribution in [2.75, 3.05) is 0 Å². The van der Waals surface area contributed by atoms with Gasteiger partial charge in [-0.1, -0.05) is 36.4 Å². The van der Waals surface area contributed by atoms with Gasteiger partial charge in [-0.15, -0.1) is 11.3 Å². The molecule has 4 rings (SSSR count). The molecule has 0 saturated carbocycles. The van der Waals surface area contributed by atoms with Gasteiger partial charge in [0, 0.05) is 12.8 Å². The number of amides is 1. The lowest BCUT2D eigenvalue weighted by Gasteiger charge is -2.13. The molecule has 0 fully saturated rings. The maximum Gasteiger partial charge on any atom is 0.220 e. The van der Waals surface area contributed by atoms with Gasteiger partial charge in [-0.05, 0) is 36.1 Å². The first kappa shape index (κ1) is 14.4. The number of hydrogen-bond donors (Lipinski definition) is 1. The third-order valence-corrected chi connectivity index (χ3v) is 5.47. The molecule has 3 nitrogen and oxygen atoms in total. The predicted octanol–water partition coefficient (Wildman–Crippen LogP) is 4.03. The summed E-state index contributed by atoms with van der Waals surface area (Å²) in [7, 11) is 0. The molecule has 1 aliphatic carbocycles. The van der Waals surface area contributed by atoms with E-state index in [9.17, 15) is 4.79 Å². The van der Waals surface area contributed by atoms with E-state index in [4.69, 9.17) is 0 Å². The number of rotatable bonds is 4. The Balaban J connectivity index is 1.37. The van der Waals surface area contributed by atoms with Gasteiger partial charge in [0.1, 0.15) is 0 Å². The third-order valence-electron chi connectivity index (χ3n) is 4.37. The first-order valence-corrected chi connectivity index (χ1v) is 8.83. The van der Waals surface area contributed by atoms with Crippen LogP contribution in [-0.2, 0) is 17.6 Å². The number of thiazole rings is 1. The number of carbonyl (C=O) groups is 1. The number of fused-ring (bicyclic) bond motifs is 2. The molecule has 0 saturated heterocycles. The molecule has 0 spiro atoms. The largest absolute Gasteiger partial charge is 0.349 e. The van der Waals surface area contributed by atoms with Gasteiger partial charge >= 0.3 is 0 Å². The molecule has 0 radical (unpaired) electrons. The van der Waals surface area contributed by atoms with Crippen LogP contribution in [-0.4, -0.2) is 10.9 Å². The highest BCUT2D eigenvalue weighted by molar-refractivity contribution is 7.18. The third kappa shape index (κ3) is 2.99. The number of aryl methyl sites for hydroxylation is 2. The fourth-order valence-corrected chi connectivity index (χ4v) is 4.19. The fraction of sp³-hybridized carbons (Fsp3) is 0.263. The van der Waals surface area contributed by atoms with Crippen molar-refractivity contribution in [2.24, 2.45) is 0 Å². The first-order chi connectivity index (χ1) is 11.3. The van der Waals surface area contributed by atoms with E-state index >= 15 is 0 Å². The minimum atomic E-state index is 0.117. The summed E-state index contributed by atoms with van der Waals surface area (Å²) in [4.78, 5) is 16.9. The summed E-state index contributed by atoms with van der Waals surface area (Å²) in [6.07, 6.45) is 3.27. The fourth-order valence-electron chi connectivity index (χ4n) is 3.22. The summed E-state index contributed by atoms with van der Waals surface area (Å²) in [6, 6.07) is 16.7. The number of carbonyl (C=O) groups excluding carboxylic acids is 1. The van der Waals surface area contributed by atoms with E-state index in [-0.39, 0.29) is 11.9 Å². The van der Waals surface area contributed by atoms with E-state index in [2.05, 4.69) is 34.6 Å². The molecule has 23 heavy (non-hydrogen) atoms. The second-order valence-electron chi connectivity index (χ2n) is 5.93. The normalized spacial score (nSPS) is 16.4. The molecule has 0 aliphatic heterocycles. The Bertz CT molecular complexity index is 822. The molecular formula is C19H18N2OS. The molecule has 4 heteroatoms. The molecule has 1 heterocycles. The average molecular weight is 322 g/mol. The Hall–Kier alpha value is -2.20. The van der Waals surface area contributed by atoms with Crippen LogP contribution in [0.1, 0.15) is 35.0 Å². The van der Waals surface area contributed by atoms with Gasteiger partial charge in [-0.2, -0.15) is 0 Å². The van der Waals surface area contributed by atoms with E-state index in [0.29, 0.717) is 12.8 Å². The number of benzene rings is 2. The average Bonchev–Trinajstić information content (AvgIpc) is 3.17. The van der Waals surface area contributed by atoms with Crippen LogP contribution in [0.5, 0.6) is 0 Å². The summed E-state index contributed by atoms with van der Waals surface area (Å²) >= 11 is 1.68. The summed E-state index contributed by atoms with van der Waals surface area (Å²) < 4.78 is 1.19. The second kappa shape index (κ2) is 6.13. The van der Waals surface area contributed by atoms with E-state index in [1.807, 2.05) is 24.3 Å². The molecule has 1 atom stereocenters. The lowest BCUT2D eigenvalue weighted by atomic mass is 10.1. The molecular weight excluding hydrogens is 304 g/mol. The monoisotopic (exact) mass is 322 g/mol. The van der Waals surface area contributed by atoms with Crippen molar-refractivity contribution in [1.29, 1.82) is 0 Å². The molecule has 1 aliphatic rings. The molecule has 3 aromatic rings. The molecule has 1 aromatic heterocycles. The highest BCUT2D eigenvalue weighted by atomic mass is 32.1. The summed E-state index contributed by atoms with van der Waals surface area (Å²) in [6.45, 7) is 0. The van der Waals surface area contributed by atoms with Crippen molar-refractivity contribution in [3.8, 4) is 0 Å². The van der Waals surface area contributed by atoms with E-state index in [1.54, 1.807) is 11.3 Å². The van der Waals surface area contributed by atoms with E-state index < -0.39 is 0 Å². The lowest BCUT2D eigenvalue weighted by molar-refractivity contribution is -0.121. The predicted molar refractivity (Wildman–Crippen MR) is 93.6 cm³/mol. The lowest BCUT2D eigenvalue weighted by Crippen LogP contribution is -2.27. The van der Waals surface area contributed by atoms with Crippen LogP contribution in [0.25, 0.3) is 10.2 Å². The molecule has 0 bridgehead atoms. The van der Waals surface area contributed by atoms with Crippen LogP contribution in [0.3, 0.4) is 0 Å². The smallest absolute Gasteiger partial charge is 0.220 e. The Morgan fingerprint density at radius 3 is 2.91 bits per heavy atom. The van der Waals surface area contributed by atoms with Gasteiger partial charge in [0.25, 0.3) is 0 Å². The SMILES string of the molecule is O=C(CCc1nc2ccccc2s1)N[C@H]1CCc2ccccc21. The molecule has 1 amide bonds. The van der Waals surface area contributed by atoms with Crippen LogP contribution < -0.4 is 5.32 Å². The summed E-state index contributed by atoms with van der Waals surface area (Å²) in [5.74, 6) is 0.117. The van der Waals surface area contributed by atoms with Gasteiger partial charge in [-0.25, -0.2) is 4.98 Å². The Kier molecular flexibility index (Phi) is 3.83. The minimum absolute atomic E-state index is 0.117. The highest BCUT2D eigenvalue weighted by Gasteiger charge is 2.23. The first-order valence-electron chi connectivity index (χ1n) is 8.01. The standard InChI is InChI=1S/C19H18N2OS/c22-18(20-15-10-9-13-5-1-2-6-14(13)15)11-12-19-21-16-7-3-4-8-17(16)23-19/h1-8,15H,9-12H2,(H,20,22)/t15-/m0/s1. The van der Waals surface area contributed by atoms with Crippen LogP contribution in [0.15, 0.2) is 48.5 Å². The molecule has 2 aromatic carbocycles. The van der Waals surface area contributed by atoms with Crippen molar-refractivity contribution >= 4 is 27.5 Å². The second-order valence-corrected chi connectivity index (χ2v) is 7.05. The van der Waals surface area contributed by atoms with Crippen LogP contribution in [0.2, 0.25) is 0 Å². The van der Waals surface area contributed by atoms with Gasteiger partial charge < -0.3 is 5.32 Å². The highest BCUT2D eigenvalue weighted by Crippen LogP contribution is 2.30. The van der Waals surface area contributed by atoms with Crippen molar-refractivity contribution in [2.45, 2.75) is 31.7 Å². The van der Waals surface area contributed by atoms with Crippen molar-refractivity contribution in [3.63, 3.8) is 0 Å². The maximum absolute atomic E-state index is 12.3. The number of hydrogen-bond acceptors (Lipinski definition) is 3. The van der Waals surface area contributed by atoms with Crippen molar-refractivity contribution in [1.82, 2.24) is 10.3 Å². The molecule has 0 unspecified atom stereocenters. The number of aromatic nitrogens is 1. The van der Waals surface area contributed by atoms with E-state index in [1.165, 1.54) is 15.8 Å². The summed E-state index contributed by atoms with van der Waals surface area (Å²) in [5, 5.41) is 4.21. The van der Waals surface area contributed by atoms with Crippen LogP contribution in [0.4, 0.5) is 0 Å². The van der Waals surface area contributed by atoms with Crippen LogP contribution in [0, 0.1) is 0 Å². The zero-order valence-corrected chi connectivity index (χ0v) is 13.6. The number of para-hydroxylation sites is 1. The van der Waals surface area contributed by atoms with Gasteiger partial charge in [0.05, 0.1) is 21.3 Å². The Labute approximate surface area is 139 Å². The Morgan fingerprint density at radius 1 is 1.17 bits per heavy atom. The quantitative estimate of drug-likeness (QED) is 0.788. The van der Waals surface area contributed by atoms with Gasteiger partial charge in [-0.3, -0.25) is 4.79 Å². The minimum Gasteiger partial charge on any atom is -0.349 e. The molecule has 116 valence electrons. The summed E-state index contributed by atoms with van der Waals surface area (Å²) in [5.41, 5.74) is 3.67. The zero-order chi connectivity index (χ0) is 15.6. The maximum atomic E-state index is 12.3. The van der Waals surface area contributed by atoms with E-state index in [0.717, 1.165) is 23.4 Å². The van der Waals surface area contributed by atoms with Gasteiger partial charge in [0.15, 0.2) is 0 Å². The molecule has 1 N–H and O–H groups in total. The number of nitrogens with zero attached hydrogens (tertiary/aromatic N) is 1. The topological polar surface area (TPSA) is 42.0 Å². The zero-order valence-electron chi connectivity index (χ0n) is 12.8. The van der Waals surface area contributed by atoms with Gasteiger partial charge in [0.2, 0.25) is 5.91 Å². The van der Waals surface area contributed by atoms with Crippen LogP contribution >= 0.6 is 11.3 Å². The number of nitrogens with one attached hydrogen (secondary N) is 1. The van der Waals surface area contributed by atoms with Crippen molar-refractivity contribution < 1.29 is 4.79 Å². The Morgan fingerprint density at radius 2 is 2.00 bits per heavy atom. The van der Waals surface area contributed by atoms with Crippen molar-refractivity contribution in [3.05, 3.63) is 64.7 Å².